The molecule has 6 nitrogen and oxygen atoms in total. The van der Waals surface area contributed by atoms with E-state index in [1.807, 2.05) is 25.1 Å². The van der Waals surface area contributed by atoms with Crippen LogP contribution in [0.25, 0.3) is 0 Å². The summed E-state index contributed by atoms with van der Waals surface area (Å²) in [6.07, 6.45) is 1.32. The molecule has 0 bridgehead atoms. The number of hydrogen-bond donors (Lipinski definition) is 1. The second-order valence-electron chi connectivity index (χ2n) is 4.43. The maximum atomic E-state index is 5.85. The highest BCUT2D eigenvalue weighted by Crippen LogP contribution is 2.28. The van der Waals surface area contributed by atoms with E-state index in [0.717, 1.165) is 12.0 Å². The predicted molar refractivity (Wildman–Crippen MR) is 73.9 cm³/mol. The molecule has 1 aromatic carbocycles. The van der Waals surface area contributed by atoms with Gasteiger partial charge in [0.25, 0.3) is 0 Å². The molecule has 0 saturated carbocycles. The molecule has 2 aromatic rings. The minimum absolute atomic E-state index is 0.207. The highest BCUT2D eigenvalue weighted by Gasteiger charge is 2.13. The lowest BCUT2D eigenvalue weighted by Gasteiger charge is -2.08. The first kappa shape index (κ1) is 14.3. The average Bonchev–Trinajstić information content (AvgIpc) is 2.94. The number of methoxy groups -OCH3 is 2. The Bertz CT molecular complexity index is 569. The Morgan fingerprint density at radius 2 is 2.00 bits per heavy atom. The number of nitrogens with two attached hydrogens (primary N) is 1. The lowest BCUT2D eigenvalue weighted by Crippen LogP contribution is -2.08. The van der Waals surface area contributed by atoms with Crippen molar-refractivity contribution in [2.24, 2.45) is 5.73 Å². The molecule has 0 aliphatic rings. The van der Waals surface area contributed by atoms with E-state index in [1.165, 1.54) is 0 Å². The number of aromatic nitrogens is 2. The Kier molecular flexibility index (Phi) is 4.57. The van der Waals surface area contributed by atoms with E-state index in [4.69, 9.17) is 19.7 Å². The molecule has 0 aliphatic heterocycles. The fourth-order valence-electron chi connectivity index (χ4n) is 1.84. The lowest BCUT2D eigenvalue weighted by molar-refractivity contribution is 0.348. The van der Waals surface area contributed by atoms with Gasteiger partial charge in [-0.2, -0.15) is 4.98 Å². The van der Waals surface area contributed by atoms with E-state index in [-0.39, 0.29) is 6.04 Å². The highest BCUT2D eigenvalue weighted by atomic mass is 16.5. The van der Waals surface area contributed by atoms with Crippen LogP contribution in [-0.4, -0.2) is 24.4 Å². The van der Waals surface area contributed by atoms with Gasteiger partial charge in [0.05, 0.1) is 20.3 Å². The van der Waals surface area contributed by atoms with E-state index >= 15 is 0 Å². The summed E-state index contributed by atoms with van der Waals surface area (Å²) in [5.41, 5.74) is 6.87. The summed E-state index contributed by atoms with van der Waals surface area (Å²) in [7, 11) is 3.21. The van der Waals surface area contributed by atoms with E-state index in [9.17, 15) is 0 Å². The average molecular weight is 277 g/mol. The fraction of sp³-hybridized carbons (Fsp3) is 0.429. The normalized spacial score (nSPS) is 12.2. The summed E-state index contributed by atoms with van der Waals surface area (Å²) in [6.45, 7) is 1.98. The molecule has 0 amide bonds. The van der Waals surface area contributed by atoms with Crippen molar-refractivity contribution in [3.05, 3.63) is 35.5 Å². The zero-order valence-corrected chi connectivity index (χ0v) is 11.9. The molecule has 6 heteroatoms. The fourth-order valence-corrected chi connectivity index (χ4v) is 1.84. The lowest BCUT2D eigenvalue weighted by atomic mass is 10.1. The van der Waals surface area contributed by atoms with Crippen molar-refractivity contribution in [3.63, 3.8) is 0 Å². The molecule has 20 heavy (non-hydrogen) atoms. The largest absolute Gasteiger partial charge is 0.493 e. The SMILES string of the molecule is CCC(N)c1nc(Cc2ccc(OC)c(OC)c2)no1. The first-order chi connectivity index (χ1) is 9.67. The van der Waals surface area contributed by atoms with Gasteiger partial charge in [0.15, 0.2) is 17.3 Å². The van der Waals surface area contributed by atoms with Crippen LogP contribution >= 0.6 is 0 Å². The van der Waals surface area contributed by atoms with Crippen LogP contribution in [0.15, 0.2) is 22.7 Å². The van der Waals surface area contributed by atoms with E-state index in [2.05, 4.69) is 10.1 Å². The monoisotopic (exact) mass is 277 g/mol. The Labute approximate surface area is 117 Å². The molecule has 108 valence electrons. The van der Waals surface area contributed by atoms with Crippen LogP contribution in [0.1, 0.15) is 36.7 Å². The summed E-state index contributed by atoms with van der Waals surface area (Å²) in [6, 6.07) is 5.49. The van der Waals surface area contributed by atoms with Gasteiger partial charge in [0, 0.05) is 6.42 Å². The minimum atomic E-state index is -0.207. The molecule has 1 aromatic heterocycles. The molecule has 1 unspecified atom stereocenters. The Morgan fingerprint density at radius 3 is 2.65 bits per heavy atom. The smallest absolute Gasteiger partial charge is 0.243 e. The quantitative estimate of drug-likeness (QED) is 0.870. The molecule has 2 N–H and O–H groups in total. The molecule has 0 radical (unpaired) electrons. The molecule has 0 aliphatic carbocycles. The Morgan fingerprint density at radius 1 is 1.25 bits per heavy atom. The van der Waals surface area contributed by atoms with Crippen molar-refractivity contribution in [2.45, 2.75) is 25.8 Å². The van der Waals surface area contributed by atoms with Gasteiger partial charge in [0.2, 0.25) is 5.89 Å². The van der Waals surface area contributed by atoms with E-state index in [0.29, 0.717) is 29.6 Å². The van der Waals surface area contributed by atoms with Crippen LogP contribution in [0.3, 0.4) is 0 Å². The third-order valence-corrected chi connectivity index (χ3v) is 3.05. The first-order valence-corrected chi connectivity index (χ1v) is 6.46. The highest BCUT2D eigenvalue weighted by molar-refractivity contribution is 5.43. The summed E-state index contributed by atoms with van der Waals surface area (Å²) in [5, 5.41) is 3.94. The van der Waals surface area contributed by atoms with Crippen molar-refractivity contribution in [2.75, 3.05) is 14.2 Å². The Balaban J connectivity index is 2.15. The van der Waals surface area contributed by atoms with Gasteiger partial charge >= 0.3 is 0 Å². The van der Waals surface area contributed by atoms with Gasteiger partial charge in [-0.05, 0) is 24.1 Å². The molecule has 1 heterocycles. The van der Waals surface area contributed by atoms with Crippen molar-refractivity contribution in [1.82, 2.24) is 10.1 Å². The summed E-state index contributed by atoms with van der Waals surface area (Å²) < 4.78 is 15.6. The van der Waals surface area contributed by atoms with Gasteiger partial charge in [-0.25, -0.2) is 0 Å². The molecule has 0 saturated heterocycles. The first-order valence-electron chi connectivity index (χ1n) is 6.46. The number of hydrogen-bond acceptors (Lipinski definition) is 6. The number of benzene rings is 1. The van der Waals surface area contributed by atoms with Gasteiger partial charge in [-0.3, -0.25) is 0 Å². The minimum Gasteiger partial charge on any atom is -0.493 e. The van der Waals surface area contributed by atoms with Crippen LogP contribution in [0, 0.1) is 0 Å². The molecule has 0 spiro atoms. The summed E-state index contributed by atoms with van der Waals surface area (Å²) >= 11 is 0. The molecular weight excluding hydrogens is 258 g/mol. The van der Waals surface area contributed by atoms with Gasteiger partial charge in [0.1, 0.15) is 0 Å². The third-order valence-electron chi connectivity index (χ3n) is 3.05. The predicted octanol–water partition coefficient (Wildman–Crippen LogP) is 2.09. The molecule has 2 rings (SSSR count). The van der Waals surface area contributed by atoms with Crippen LogP contribution in [0.4, 0.5) is 0 Å². The standard InChI is InChI=1S/C14H19N3O3/c1-4-10(15)14-16-13(17-20-14)8-9-5-6-11(18-2)12(7-9)19-3/h5-7,10H,4,8,15H2,1-3H3. The zero-order valence-electron chi connectivity index (χ0n) is 11.9. The topological polar surface area (TPSA) is 83.4 Å². The second kappa shape index (κ2) is 6.38. The number of rotatable bonds is 6. The maximum Gasteiger partial charge on any atom is 0.243 e. The van der Waals surface area contributed by atoms with Gasteiger partial charge < -0.3 is 19.7 Å². The van der Waals surface area contributed by atoms with Crippen LogP contribution in [-0.2, 0) is 6.42 Å². The number of ether oxygens (including phenoxy) is 2. The van der Waals surface area contributed by atoms with Crippen molar-refractivity contribution in [1.29, 1.82) is 0 Å². The van der Waals surface area contributed by atoms with E-state index in [1.54, 1.807) is 14.2 Å². The molecule has 1 atom stereocenters. The molecular formula is C14H19N3O3. The Hall–Kier alpha value is -2.08. The van der Waals surface area contributed by atoms with Gasteiger partial charge in [-0.1, -0.05) is 18.1 Å². The van der Waals surface area contributed by atoms with Crippen molar-refractivity contribution < 1.29 is 14.0 Å². The van der Waals surface area contributed by atoms with Crippen molar-refractivity contribution >= 4 is 0 Å². The second-order valence-corrected chi connectivity index (χ2v) is 4.43. The van der Waals surface area contributed by atoms with Crippen LogP contribution < -0.4 is 15.2 Å². The third kappa shape index (κ3) is 3.08. The van der Waals surface area contributed by atoms with Crippen LogP contribution in [0.2, 0.25) is 0 Å². The zero-order chi connectivity index (χ0) is 14.5. The van der Waals surface area contributed by atoms with Crippen molar-refractivity contribution in [3.8, 4) is 11.5 Å². The maximum absolute atomic E-state index is 5.85. The number of nitrogens with zero attached hydrogens (tertiary/aromatic N) is 2. The summed E-state index contributed by atoms with van der Waals surface area (Å²) in [4.78, 5) is 4.30. The van der Waals surface area contributed by atoms with E-state index < -0.39 is 0 Å². The van der Waals surface area contributed by atoms with Crippen LogP contribution in [0.5, 0.6) is 11.5 Å². The molecule has 0 fully saturated rings. The van der Waals surface area contributed by atoms with Gasteiger partial charge in [-0.15, -0.1) is 0 Å². The summed E-state index contributed by atoms with van der Waals surface area (Å²) in [5.74, 6) is 2.45.